The molecule has 108 valence electrons. The normalized spacial score (nSPS) is 18.1. The molecule has 0 unspecified atom stereocenters. The molecular weight excluding hydrogens is 285 g/mol. The number of carbonyl (C=O) groups is 1. The molecule has 1 aromatic rings. The molecule has 0 spiro atoms. The van der Waals surface area contributed by atoms with Crippen molar-refractivity contribution in [3.8, 4) is 0 Å². The maximum atomic E-state index is 13.8. The zero-order chi connectivity index (χ0) is 14.8. The fourth-order valence-corrected chi connectivity index (χ4v) is 2.54. The molecule has 0 amide bonds. The lowest BCUT2D eigenvalue weighted by Gasteiger charge is -2.21. The van der Waals surface area contributed by atoms with Gasteiger partial charge in [-0.2, -0.15) is 0 Å². The molecule has 1 aromatic carbocycles. The average molecular weight is 300 g/mol. The molecule has 6 heteroatoms. The number of rotatable bonds is 4. The van der Waals surface area contributed by atoms with Crippen LogP contribution in [0.15, 0.2) is 23.4 Å². The summed E-state index contributed by atoms with van der Waals surface area (Å²) in [5.74, 6) is -2.11. The Morgan fingerprint density at radius 2 is 2.10 bits per heavy atom. The molecular formula is C14H15ClFNO3. The van der Waals surface area contributed by atoms with Crippen LogP contribution in [0, 0.1) is 5.82 Å². The van der Waals surface area contributed by atoms with E-state index in [2.05, 4.69) is 5.16 Å². The number of hydrogen-bond donors (Lipinski definition) is 1. The summed E-state index contributed by atoms with van der Waals surface area (Å²) in [5, 5.41) is 12.9. The van der Waals surface area contributed by atoms with Gasteiger partial charge >= 0.3 is 5.97 Å². The third-order valence-corrected chi connectivity index (χ3v) is 3.74. The van der Waals surface area contributed by atoms with Gasteiger partial charge in [0.1, 0.15) is 11.4 Å². The van der Waals surface area contributed by atoms with E-state index in [4.69, 9.17) is 16.4 Å². The molecule has 0 heterocycles. The summed E-state index contributed by atoms with van der Waals surface area (Å²) in [7, 11) is 0. The smallest absolute Gasteiger partial charge is 0.358 e. The minimum Gasteiger partial charge on any atom is -0.476 e. The van der Waals surface area contributed by atoms with Gasteiger partial charge in [-0.25, -0.2) is 9.18 Å². The van der Waals surface area contributed by atoms with Crippen LogP contribution in [0.2, 0.25) is 5.02 Å². The maximum absolute atomic E-state index is 13.8. The fraction of sp³-hybridized carbons (Fsp3) is 0.429. The molecule has 1 fully saturated rings. The molecule has 0 bridgehead atoms. The molecule has 0 radical (unpaired) electrons. The van der Waals surface area contributed by atoms with Crippen LogP contribution in [0.5, 0.6) is 0 Å². The summed E-state index contributed by atoms with van der Waals surface area (Å²) in [6, 6.07) is 3.95. The first-order valence-electron chi connectivity index (χ1n) is 6.37. The Morgan fingerprint density at radius 3 is 2.65 bits per heavy atom. The summed E-state index contributed by atoms with van der Waals surface area (Å²) < 4.78 is 13.8. The van der Waals surface area contributed by atoms with Crippen molar-refractivity contribution in [2.75, 3.05) is 0 Å². The van der Waals surface area contributed by atoms with Crippen LogP contribution in [-0.4, -0.2) is 22.4 Å². The molecule has 1 aliphatic carbocycles. The minimum atomic E-state index is -1.38. The second-order valence-electron chi connectivity index (χ2n) is 5.09. The van der Waals surface area contributed by atoms with Gasteiger partial charge in [0.05, 0.1) is 10.6 Å². The van der Waals surface area contributed by atoms with Gasteiger partial charge in [0, 0.05) is 0 Å². The quantitative estimate of drug-likeness (QED) is 0.682. The fourth-order valence-electron chi connectivity index (χ4n) is 2.29. The van der Waals surface area contributed by atoms with Crippen LogP contribution in [0.3, 0.4) is 0 Å². The van der Waals surface area contributed by atoms with Crippen molar-refractivity contribution in [1.29, 1.82) is 0 Å². The van der Waals surface area contributed by atoms with Crippen LogP contribution >= 0.6 is 11.6 Å². The van der Waals surface area contributed by atoms with E-state index in [1.54, 1.807) is 0 Å². The molecule has 0 aliphatic heterocycles. The number of halogens is 2. The van der Waals surface area contributed by atoms with Gasteiger partial charge in [0.25, 0.3) is 0 Å². The molecule has 1 N–H and O–H groups in total. The van der Waals surface area contributed by atoms with E-state index in [-0.39, 0.29) is 10.6 Å². The number of nitrogens with zero attached hydrogens (tertiary/aromatic N) is 1. The predicted molar refractivity (Wildman–Crippen MR) is 73.5 cm³/mol. The van der Waals surface area contributed by atoms with Crippen molar-refractivity contribution in [2.24, 2.45) is 5.16 Å². The number of carboxylic acids is 1. The van der Waals surface area contributed by atoms with E-state index in [1.807, 2.05) is 6.92 Å². The standard InChI is InChI=1S/C14H15ClFNO3/c1-14(7-2-3-8-14)20-17-12(13(18)19)11-9(15)5-4-6-10(11)16/h4-6H,2-3,7-8H2,1H3,(H,18,19). The first-order valence-corrected chi connectivity index (χ1v) is 6.75. The highest BCUT2D eigenvalue weighted by molar-refractivity contribution is 6.46. The SMILES string of the molecule is CC1(ON=C(C(=O)O)c2c(F)cccc2Cl)CCCC1. The number of oxime groups is 1. The minimum absolute atomic E-state index is 0.00803. The highest BCUT2D eigenvalue weighted by Gasteiger charge is 2.32. The second kappa shape index (κ2) is 5.79. The van der Waals surface area contributed by atoms with Gasteiger partial charge < -0.3 is 9.94 Å². The van der Waals surface area contributed by atoms with Crippen LogP contribution in [0.4, 0.5) is 4.39 Å². The molecule has 0 saturated heterocycles. The number of benzene rings is 1. The van der Waals surface area contributed by atoms with Crippen molar-refractivity contribution in [1.82, 2.24) is 0 Å². The van der Waals surface area contributed by atoms with E-state index in [0.717, 1.165) is 31.7 Å². The van der Waals surface area contributed by atoms with Crippen LogP contribution in [0.25, 0.3) is 0 Å². The number of aliphatic carboxylic acids is 1. The van der Waals surface area contributed by atoms with Gasteiger partial charge in [-0.3, -0.25) is 0 Å². The molecule has 0 atom stereocenters. The van der Waals surface area contributed by atoms with Crippen LogP contribution < -0.4 is 0 Å². The Balaban J connectivity index is 2.34. The van der Waals surface area contributed by atoms with Crippen LogP contribution in [0.1, 0.15) is 38.2 Å². The monoisotopic (exact) mass is 299 g/mol. The maximum Gasteiger partial charge on any atom is 0.358 e. The number of hydrogen-bond acceptors (Lipinski definition) is 3. The summed E-state index contributed by atoms with van der Waals surface area (Å²) in [5.41, 5.74) is -1.25. The molecule has 1 saturated carbocycles. The molecule has 2 rings (SSSR count). The van der Waals surface area contributed by atoms with E-state index in [1.165, 1.54) is 12.1 Å². The highest BCUT2D eigenvalue weighted by atomic mass is 35.5. The van der Waals surface area contributed by atoms with Crippen LogP contribution in [-0.2, 0) is 9.63 Å². The van der Waals surface area contributed by atoms with Gasteiger partial charge in [-0.1, -0.05) is 22.8 Å². The number of carboxylic acid groups (broad SMARTS) is 1. The molecule has 20 heavy (non-hydrogen) atoms. The van der Waals surface area contributed by atoms with Gasteiger partial charge in [0.15, 0.2) is 5.71 Å². The Hall–Kier alpha value is -1.62. The first kappa shape index (κ1) is 14.8. The topological polar surface area (TPSA) is 58.9 Å². The lowest BCUT2D eigenvalue weighted by Crippen LogP contribution is -2.25. The Morgan fingerprint density at radius 1 is 1.45 bits per heavy atom. The Kier molecular flexibility index (Phi) is 4.28. The lowest BCUT2D eigenvalue weighted by atomic mass is 10.1. The van der Waals surface area contributed by atoms with E-state index in [9.17, 15) is 14.3 Å². The molecule has 0 aromatic heterocycles. The Bertz CT molecular complexity index is 533. The first-order chi connectivity index (χ1) is 9.43. The van der Waals surface area contributed by atoms with E-state index in [0.29, 0.717) is 0 Å². The van der Waals surface area contributed by atoms with Crippen molar-refractivity contribution >= 4 is 23.3 Å². The van der Waals surface area contributed by atoms with E-state index >= 15 is 0 Å². The van der Waals surface area contributed by atoms with E-state index < -0.39 is 23.1 Å². The van der Waals surface area contributed by atoms with Gasteiger partial charge in [-0.05, 0) is 44.7 Å². The van der Waals surface area contributed by atoms with Crippen molar-refractivity contribution < 1.29 is 19.1 Å². The van der Waals surface area contributed by atoms with Crippen molar-refractivity contribution in [3.05, 3.63) is 34.6 Å². The zero-order valence-corrected chi connectivity index (χ0v) is 11.8. The second-order valence-corrected chi connectivity index (χ2v) is 5.50. The highest BCUT2D eigenvalue weighted by Crippen LogP contribution is 2.33. The summed E-state index contributed by atoms with van der Waals surface area (Å²) in [4.78, 5) is 16.6. The molecule has 1 aliphatic rings. The summed E-state index contributed by atoms with van der Waals surface area (Å²) in [6.45, 7) is 1.87. The van der Waals surface area contributed by atoms with Crippen molar-refractivity contribution in [2.45, 2.75) is 38.2 Å². The third kappa shape index (κ3) is 3.10. The summed E-state index contributed by atoms with van der Waals surface area (Å²) >= 11 is 5.86. The largest absolute Gasteiger partial charge is 0.476 e. The van der Waals surface area contributed by atoms with Gasteiger partial charge in [-0.15, -0.1) is 0 Å². The average Bonchev–Trinajstić information content (AvgIpc) is 2.79. The van der Waals surface area contributed by atoms with Crippen molar-refractivity contribution in [3.63, 3.8) is 0 Å². The zero-order valence-electron chi connectivity index (χ0n) is 11.0. The third-order valence-electron chi connectivity index (χ3n) is 3.42. The Labute approximate surface area is 121 Å². The summed E-state index contributed by atoms with van der Waals surface area (Å²) in [6.07, 6.45) is 3.62. The van der Waals surface area contributed by atoms with Gasteiger partial charge in [0.2, 0.25) is 0 Å². The lowest BCUT2D eigenvalue weighted by molar-refractivity contribution is -0.129. The predicted octanol–water partition coefficient (Wildman–Crippen LogP) is 3.62. The molecule has 4 nitrogen and oxygen atoms in total.